The molecule has 0 amide bonds. The van der Waals surface area contributed by atoms with Crippen LogP contribution in [0.1, 0.15) is 5.69 Å². The fraction of sp³-hybridized carbons (Fsp3) is 0.250. The lowest BCUT2D eigenvalue weighted by atomic mass is 10.2. The van der Waals surface area contributed by atoms with E-state index in [0.717, 1.165) is 29.2 Å². The molecular weight excluding hydrogens is 402 g/mol. The van der Waals surface area contributed by atoms with Crippen molar-refractivity contribution >= 4 is 39.6 Å². The Labute approximate surface area is 175 Å². The Kier molecular flexibility index (Phi) is 4.85. The van der Waals surface area contributed by atoms with E-state index in [-0.39, 0.29) is 5.56 Å². The zero-order valence-electron chi connectivity index (χ0n) is 16.3. The highest BCUT2D eigenvalue weighted by Crippen LogP contribution is 2.29. The molecule has 152 valence electrons. The van der Waals surface area contributed by atoms with Gasteiger partial charge < -0.3 is 19.9 Å². The van der Waals surface area contributed by atoms with E-state index in [2.05, 4.69) is 35.1 Å². The lowest BCUT2D eigenvalue weighted by Crippen LogP contribution is -2.37. The Bertz CT molecular complexity index is 1250. The molecule has 0 aromatic carbocycles. The van der Waals surface area contributed by atoms with Crippen molar-refractivity contribution in [2.75, 3.05) is 36.5 Å². The van der Waals surface area contributed by atoms with Crippen molar-refractivity contribution in [2.24, 2.45) is 0 Å². The van der Waals surface area contributed by atoms with E-state index in [0.29, 0.717) is 41.7 Å². The first-order valence-electron chi connectivity index (χ1n) is 9.54. The van der Waals surface area contributed by atoms with Gasteiger partial charge in [0.25, 0.3) is 5.56 Å². The van der Waals surface area contributed by atoms with E-state index in [1.54, 1.807) is 18.6 Å². The molecule has 0 bridgehead atoms. The van der Waals surface area contributed by atoms with E-state index < -0.39 is 0 Å². The van der Waals surface area contributed by atoms with Gasteiger partial charge in [0, 0.05) is 30.4 Å². The Hall–Kier alpha value is -3.37. The van der Waals surface area contributed by atoms with Crippen LogP contribution in [0.2, 0.25) is 0 Å². The minimum absolute atomic E-state index is 0.213. The summed E-state index contributed by atoms with van der Waals surface area (Å²) in [6.45, 7) is 4.82. The van der Waals surface area contributed by atoms with Crippen LogP contribution in [0.25, 0.3) is 21.5 Å². The number of thiazole rings is 1. The number of hydrogen-bond acceptors (Lipinski definition) is 9. The standard InChI is InChI=1S/C20H19N7O2S/c1-12-11-30-19(24-12)15-8-13-2-3-21-18(28)16(13)17(26-15)25-14-9-22-20(23-10-14)27-4-6-29-7-5-27/h2-3,8-11H,4-7H2,1H3,(H,21,28)(H,25,26). The van der Waals surface area contributed by atoms with Crippen LogP contribution >= 0.6 is 11.3 Å². The van der Waals surface area contributed by atoms with Crippen LogP contribution in [0.5, 0.6) is 0 Å². The lowest BCUT2D eigenvalue weighted by Gasteiger charge is -2.26. The van der Waals surface area contributed by atoms with E-state index in [1.807, 2.05) is 24.4 Å². The van der Waals surface area contributed by atoms with Gasteiger partial charge in [0.05, 0.1) is 36.7 Å². The number of aromatic nitrogens is 5. The van der Waals surface area contributed by atoms with Crippen LogP contribution in [0.4, 0.5) is 17.5 Å². The summed E-state index contributed by atoms with van der Waals surface area (Å²) < 4.78 is 5.37. The predicted octanol–water partition coefficient (Wildman–Crippen LogP) is 2.73. The maximum Gasteiger partial charge on any atom is 0.259 e. The third-order valence-electron chi connectivity index (χ3n) is 4.79. The Balaban J connectivity index is 1.52. The molecule has 0 saturated carbocycles. The van der Waals surface area contributed by atoms with Crippen LogP contribution in [-0.2, 0) is 4.74 Å². The number of nitrogens with zero attached hydrogens (tertiary/aromatic N) is 5. The van der Waals surface area contributed by atoms with Gasteiger partial charge in [0.15, 0.2) is 0 Å². The maximum atomic E-state index is 12.5. The molecule has 1 aliphatic rings. The number of morpholine rings is 1. The molecule has 0 aliphatic carbocycles. The SMILES string of the molecule is Cc1csc(-c2cc3cc[nH]c(=O)c3c(Nc3cnc(N4CCOCC4)nc3)n2)n1. The zero-order chi connectivity index (χ0) is 20.5. The quantitative estimate of drug-likeness (QED) is 0.518. The largest absolute Gasteiger partial charge is 0.378 e. The van der Waals surface area contributed by atoms with Crippen LogP contribution in [0.15, 0.2) is 40.9 Å². The third-order valence-corrected chi connectivity index (χ3v) is 5.77. The van der Waals surface area contributed by atoms with Crippen LogP contribution < -0.4 is 15.8 Å². The van der Waals surface area contributed by atoms with Crippen molar-refractivity contribution in [2.45, 2.75) is 6.92 Å². The van der Waals surface area contributed by atoms with Gasteiger partial charge in [-0.2, -0.15) is 0 Å². The fourth-order valence-electron chi connectivity index (χ4n) is 3.33. The highest BCUT2D eigenvalue weighted by molar-refractivity contribution is 7.13. The summed E-state index contributed by atoms with van der Waals surface area (Å²) in [6.07, 6.45) is 5.02. The van der Waals surface area contributed by atoms with E-state index in [4.69, 9.17) is 4.74 Å². The molecule has 5 rings (SSSR count). The average molecular weight is 421 g/mol. The number of nitrogens with one attached hydrogen (secondary N) is 2. The van der Waals surface area contributed by atoms with Gasteiger partial charge in [0.1, 0.15) is 16.5 Å². The van der Waals surface area contributed by atoms with Gasteiger partial charge in [-0.05, 0) is 24.4 Å². The Morgan fingerprint density at radius 1 is 1.20 bits per heavy atom. The normalized spacial score (nSPS) is 14.2. The topological polar surface area (TPSA) is 109 Å². The molecule has 30 heavy (non-hydrogen) atoms. The number of H-pyrrole nitrogens is 1. The summed E-state index contributed by atoms with van der Waals surface area (Å²) in [5.74, 6) is 1.10. The van der Waals surface area contributed by atoms with Gasteiger partial charge in [-0.1, -0.05) is 0 Å². The molecular formula is C20H19N7O2S. The monoisotopic (exact) mass is 421 g/mol. The molecule has 1 saturated heterocycles. The Morgan fingerprint density at radius 2 is 2.00 bits per heavy atom. The third kappa shape index (κ3) is 3.62. The summed E-state index contributed by atoms with van der Waals surface area (Å²) in [7, 11) is 0. The lowest BCUT2D eigenvalue weighted by molar-refractivity contribution is 0.122. The number of aromatic amines is 1. The fourth-order valence-corrected chi connectivity index (χ4v) is 4.09. The van der Waals surface area contributed by atoms with Crippen molar-refractivity contribution in [3.05, 3.63) is 52.2 Å². The van der Waals surface area contributed by atoms with Crippen molar-refractivity contribution in [3.8, 4) is 10.7 Å². The van der Waals surface area contributed by atoms with E-state index >= 15 is 0 Å². The highest BCUT2D eigenvalue weighted by Gasteiger charge is 2.15. The van der Waals surface area contributed by atoms with Crippen LogP contribution in [0.3, 0.4) is 0 Å². The number of pyridine rings is 2. The Morgan fingerprint density at radius 3 is 2.73 bits per heavy atom. The summed E-state index contributed by atoms with van der Waals surface area (Å²) >= 11 is 1.52. The van der Waals surface area contributed by atoms with Gasteiger partial charge in [-0.3, -0.25) is 4.79 Å². The second-order valence-electron chi connectivity index (χ2n) is 6.92. The molecule has 0 radical (unpaired) electrons. The number of anilines is 3. The number of fused-ring (bicyclic) bond motifs is 1. The second-order valence-corrected chi connectivity index (χ2v) is 7.78. The van der Waals surface area contributed by atoms with Crippen molar-refractivity contribution in [3.63, 3.8) is 0 Å². The zero-order valence-corrected chi connectivity index (χ0v) is 17.1. The minimum Gasteiger partial charge on any atom is -0.378 e. The predicted molar refractivity (Wildman–Crippen MR) is 117 cm³/mol. The first kappa shape index (κ1) is 18.6. The number of hydrogen-bond donors (Lipinski definition) is 2. The van der Waals surface area contributed by atoms with E-state index in [9.17, 15) is 4.79 Å². The van der Waals surface area contributed by atoms with Gasteiger partial charge in [0.2, 0.25) is 5.95 Å². The minimum atomic E-state index is -0.213. The molecule has 0 unspecified atom stereocenters. The summed E-state index contributed by atoms with van der Waals surface area (Å²) in [5, 5.41) is 7.25. The van der Waals surface area contributed by atoms with Gasteiger partial charge in [-0.25, -0.2) is 19.9 Å². The number of rotatable bonds is 4. The molecule has 9 nitrogen and oxygen atoms in total. The van der Waals surface area contributed by atoms with Crippen LogP contribution in [-0.4, -0.2) is 51.2 Å². The van der Waals surface area contributed by atoms with Crippen LogP contribution in [0, 0.1) is 6.92 Å². The molecule has 2 N–H and O–H groups in total. The van der Waals surface area contributed by atoms with E-state index in [1.165, 1.54) is 11.3 Å². The molecule has 4 aromatic rings. The average Bonchev–Trinajstić information content (AvgIpc) is 3.21. The second kappa shape index (κ2) is 7.81. The summed E-state index contributed by atoms with van der Waals surface area (Å²) in [4.78, 5) is 35.4. The van der Waals surface area contributed by atoms with Crippen molar-refractivity contribution in [1.29, 1.82) is 0 Å². The highest BCUT2D eigenvalue weighted by atomic mass is 32.1. The molecule has 4 aromatic heterocycles. The number of aryl methyl sites for hydroxylation is 1. The molecule has 10 heteroatoms. The molecule has 0 atom stereocenters. The van der Waals surface area contributed by atoms with Gasteiger partial charge >= 0.3 is 0 Å². The summed E-state index contributed by atoms with van der Waals surface area (Å²) in [5.41, 5.74) is 2.08. The van der Waals surface area contributed by atoms with Crippen molar-refractivity contribution < 1.29 is 4.74 Å². The van der Waals surface area contributed by atoms with Crippen molar-refractivity contribution in [1.82, 2.24) is 24.9 Å². The summed E-state index contributed by atoms with van der Waals surface area (Å²) in [6, 6.07) is 3.73. The van der Waals surface area contributed by atoms with Gasteiger partial charge in [-0.15, -0.1) is 11.3 Å². The maximum absolute atomic E-state index is 12.5. The first-order valence-corrected chi connectivity index (χ1v) is 10.4. The molecule has 1 fully saturated rings. The smallest absolute Gasteiger partial charge is 0.259 e. The molecule has 0 spiro atoms. The molecule has 5 heterocycles. The first-order chi connectivity index (χ1) is 14.7. The number of ether oxygens (including phenoxy) is 1. The molecule has 1 aliphatic heterocycles.